The third kappa shape index (κ3) is 2.91. The molecule has 27 heavy (non-hydrogen) atoms. The summed E-state index contributed by atoms with van der Waals surface area (Å²) in [7, 11) is 1.29. The number of amides is 1. The van der Waals surface area contributed by atoms with Gasteiger partial charge in [-0.15, -0.1) is 0 Å². The summed E-state index contributed by atoms with van der Waals surface area (Å²) in [5.74, 6) is -0.987. The second-order valence-electron chi connectivity index (χ2n) is 6.21. The number of H-pyrrole nitrogens is 1. The van der Waals surface area contributed by atoms with Crippen molar-refractivity contribution in [2.75, 3.05) is 12.4 Å². The monoisotopic (exact) mass is 359 g/mol. The van der Waals surface area contributed by atoms with Crippen molar-refractivity contribution in [3.63, 3.8) is 0 Å². The fourth-order valence-electron chi connectivity index (χ4n) is 3.11. The predicted octanol–water partition coefficient (Wildman–Crippen LogP) is 4.06. The minimum Gasteiger partial charge on any atom is -0.464 e. The molecule has 2 aromatic carbocycles. The van der Waals surface area contributed by atoms with Crippen molar-refractivity contribution in [3.05, 3.63) is 71.5 Å². The molecule has 6 nitrogen and oxygen atoms in total. The van der Waals surface area contributed by atoms with Crippen LogP contribution in [0.4, 0.5) is 5.69 Å². The molecular weight excluding hydrogens is 342 g/mol. The van der Waals surface area contributed by atoms with Crippen LogP contribution in [0.3, 0.4) is 0 Å². The van der Waals surface area contributed by atoms with Gasteiger partial charge in [0.15, 0.2) is 5.69 Å². The molecule has 2 heterocycles. The Kier molecular flexibility index (Phi) is 4.08. The molecule has 0 radical (unpaired) electrons. The Bertz CT molecular complexity index is 1190. The van der Waals surface area contributed by atoms with E-state index in [9.17, 15) is 9.59 Å². The van der Waals surface area contributed by atoms with E-state index in [2.05, 4.69) is 15.3 Å². The maximum absolute atomic E-state index is 13.0. The first kappa shape index (κ1) is 16.8. The van der Waals surface area contributed by atoms with Crippen molar-refractivity contribution in [1.29, 1.82) is 0 Å². The number of aromatic amines is 1. The molecule has 0 aliphatic heterocycles. The van der Waals surface area contributed by atoms with E-state index in [1.807, 2.05) is 55.5 Å². The van der Waals surface area contributed by atoms with E-state index in [0.717, 1.165) is 21.9 Å². The normalized spacial score (nSPS) is 10.9. The number of aromatic nitrogens is 2. The molecule has 0 saturated heterocycles. The highest BCUT2D eigenvalue weighted by atomic mass is 16.5. The van der Waals surface area contributed by atoms with Crippen LogP contribution >= 0.6 is 0 Å². The first-order valence-electron chi connectivity index (χ1n) is 8.45. The van der Waals surface area contributed by atoms with Gasteiger partial charge < -0.3 is 15.0 Å². The Morgan fingerprint density at radius 3 is 2.56 bits per heavy atom. The topological polar surface area (TPSA) is 84.1 Å². The van der Waals surface area contributed by atoms with Gasteiger partial charge in [0, 0.05) is 22.0 Å². The number of benzene rings is 2. The summed E-state index contributed by atoms with van der Waals surface area (Å²) in [5.41, 5.74) is 3.30. The lowest BCUT2D eigenvalue weighted by Crippen LogP contribution is -2.17. The van der Waals surface area contributed by atoms with Gasteiger partial charge in [0.2, 0.25) is 0 Å². The van der Waals surface area contributed by atoms with Crippen molar-refractivity contribution < 1.29 is 14.3 Å². The van der Waals surface area contributed by atoms with E-state index in [1.165, 1.54) is 7.11 Å². The molecule has 0 saturated carbocycles. The zero-order valence-electron chi connectivity index (χ0n) is 14.9. The number of nitrogens with one attached hydrogen (secondary N) is 2. The number of rotatable bonds is 3. The van der Waals surface area contributed by atoms with E-state index < -0.39 is 11.9 Å². The quantitative estimate of drug-likeness (QED) is 0.540. The number of methoxy groups -OCH3 is 1. The average molecular weight is 359 g/mol. The summed E-state index contributed by atoms with van der Waals surface area (Å²) < 4.78 is 4.80. The number of hydrogen-bond donors (Lipinski definition) is 2. The van der Waals surface area contributed by atoms with Crippen LogP contribution < -0.4 is 5.32 Å². The number of para-hydroxylation sites is 2. The van der Waals surface area contributed by atoms with Gasteiger partial charge >= 0.3 is 5.97 Å². The Hall–Kier alpha value is -3.67. The lowest BCUT2D eigenvalue weighted by molar-refractivity contribution is 0.0594. The summed E-state index contributed by atoms with van der Waals surface area (Å²) in [4.78, 5) is 32.6. The number of hydrogen-bond acceptors (Lipinski definition) is 4. The Morgan fingerprint density at radius 1 is 1.04 bits per heavy atom. The van der Waals surface area contributed by atoms with Crippen LogP contribution in [0.25, 0.3) is 21.8 Å². The van der Waals surface area contributed by atoms with Gasteiger partial charge in [-0.3, -0.25) is 4.79 Å². The molecule has 4 aromatic rings. The highest BCUT2D eigenvalue weighted by molar-refractivity contribution is 6.18. The molecule has 0 spiro atoms. The largest absolute Gasteiger partial charge is 0.464 e. The fourth-order valence-corrected chi connectivity index (χ4v) is 3.11. The number of carbonyl (C=O) groups is 2. The lowest BCUT2D eigenvalue weighted by atomic mass is 10.1. The summed E-state index contributed by atoms with van der Waals surface area (Å²) in [5, 5.41) is 4.53. The van der Waals surface area contributed by atoms with Crippen LogP contribution in [0, 0.1) is 6.92 Å². The first-order chi connectivity index (χ1) is 13.1. The Balaban J connectivity index is 1.91. The highest BCUT2D eigenvalue weighted by Gasteiger charge is 2.21. The van der Waals surface area contributed by atoms with Gasteiger partial charge in [-0.1, -0.05) is 36.4 Å². The van der Waals surface area contributed by atoms with E-state index >= 15 is 0 Å². The lowest BCUT2D eigenvalue weighted by Gasteiger charge is -2.09. The molecule has 0 aliphatic rings. The van der Waals surface area contributed by atoms with Gasteiger partial charge in [0.1, 0.15) is 5.69 Å². The van der Waals surface area contributed by atoms with Crippen LogP contribution in [-0.2, 0) is 4.74 Å². The molecule has 0 aliphatic carbocycles. The van der Waals surface area contributed by atoms with Gasteiger partial charge in [-0.2, -0.15) is 0 Å². The zero-order chi connectivity index (χ0) is 19.0. The third-order valence-electron chi connectivity index (χ3n) is 4.50. The van der Waals surface area contributed by atoms with E-state index in [1.54, 1.807) is 6.07 Å². The van der Waals surface area contributed by atoms with Gasteiger partial charge in [0.05, 0.1) is 12.6 Å². The maximum Gasteiger partial charge on any atom is 0.356 e. The second-order valence-corrected chi connectivity index (χ2v) is 6.21. The Labute approximate surface area is 155 Å². The number of pyridine rings is 1. The van der Waals surface area contributed by atoms with E-state index in [4.69, 9.17) is 4.74 Å². The van der Waals surface area contributed by atoms with Crippen molar-refractivity contribution in [3.8, 4) is 0 Å². The van der Waals surface area contributed by atoms with Crippen molar-refractivity contribution in [2.24, 2.45) is 0 Å². The fraction of sp³-hybridized carbons (Fsp3) is 0.0952. The number of nitrogens with zero attached hydrogens (tertiary/aromatic N) is 1. The number of ether oxygens (including phenoxy) is 1. The predicted molar refractivity (Wildman–Crippen MR) is 104 cm³/mol. The number of esters is 1. The second kappa shape index (κ2) is 6.57. The Morgan fingerprint density at radius 2 is 1.78 bits per heavy atom. The third-order valence-corrected chi connectivity index (χ3v) is 4.50. The summed E-state index contributed by atoms with van der Waals surface area (Å²) in [6.45, 7) is 1.91. The van der Waals surface area contributed by atoms with E-state index in [-0.39, 0.29) is 11.4 Å². The van der Waals surface area contributed by atoms with Crippen LogP contribution in [-0.4, -0.2) is 29.0 Å². The number of carbonyl (C=O) groups excluding carboxylic acids is 2. The average Bonchev–Trinajstić information content (AvgIpc) is 3.07. The molecular formula is C21H17N3O3. The van der Waals surface area contributed by atoms with Crippen LogP contribution in [0.2, 0.25) is 0 Å². The van der Waals surface area contributed by atoms with Gasteiger partial charge in [0.25, 0.3) is 5.91 Å². The minimum atomic E-state index is -0.591. The molecule has 6 heteroatoms. The van der Waals surface area contributed by atoms with Crippen molar-refractivity contribution in [2.45, 2.75) is 6.92 Å². The molecule has 0 bridgehead atoms. The van der Waals surface area contributed by atoms with Crippen LogP contribution in [0.15, 0.2) is 54.6 Å². The minimum absolute atomic E-state index is 0.0877. The van der Waals surface area contributed by atoms with Crippen molar-refractivity contribution in [1.82, 2.24) is 9.97 Å². The maximum atomic E-state index is 13.0. The smallest absolute Gasteiger partial charge is 0.356 e. The molecule has 2 aromatic heterocycles. The molecule has 1 amide bonds. The SMILES string of the molecule is COC(=O)c1cc2c([nH]c3ccccc32)c(C(=O)Nc2ccccc2C)n1. The number of fused-ring (bicyclic) bond motifs is 3. The molecule has 0 unspecified atom stereocenters. The molecule has 2 N–H and O–H groups in total. The summed E-state index contributed by atoms with van der Waals surface area (Å²) >= 11 is 0. The zero-order valence-corrected chi connectivity index (χ0v) is 14.9. The van der Waals surface area contributed by atoms with Crippen LogP contribution in [0.5, 0.6) is 0 Å². The molecule has 0 atom stereocenters. The van der Waals surface area contributed by atoms with E-state index in [0.29, 0.717) is 11.2 Å². The number of anilines is 1. The van der Waals surface area contributed by atoms with Gasteiger partial charge in [-0.05, 0) is 30.7 Å². The molecule has 0 fully saturated rings. The van der Waals surface area contributed by atoms with Crippen molar-refractivity contribution >= 4 is 39.4 Å². The number of aryl methyl sites for hydroxylation is 1. The van der Waals surface area contributed by atoms with Gasteiger partial charge in [-0.25, -0.2) is 9.78 Å². The van der Waals surface area contributed by atoms with Crippen LogP contribution in [0.1, 0.15) is 26.5 Å². The standard InChI is InChI=1S/C21H17N3O3/c1-12-7-3-5-9-15(12)24-20(25)19-18-14(11-17(23-19)21(26)27-2)13-8-4-6-10-16(13)22-18/h3-11,22H,1-2H3,(H,24,25). The summed E-state index contributed by atoms with van der Waals surface area (Å²) in [6.07, 6.45) is 0. The molecule has 4 rings (SSSR count). The first-order valence-corrected chi connectivity index (χ1v) is 8.45. The highest BCUT2D eigenvalue weighted by Crippen LogP contribution is 2.28. The molecule has 134 valence electrons. The summed E-state index contributed by atoms with van der Waals surface area (Å²) in [6, 6.07) is 16.8.